The summed E-state index contributed by atoms with van der Waals surface area (Å²) in [6, 6.07) is 9.43. The number of nitrogens with zero attached hydrogens (tertiary/aromatic N) is 6. The van der Waals surface area contributed by atoms with Gasteiger partial charge in [-0.3, -0.25) is 4.79 Å². The van der Waals surface area contributed by atoms with Gasteiger partial charge in [0.1, 0.15) is 23.7 Å². The van der Waals surface area contributed by atoms with Crippen molar-refractivity contribution in [1.29, 1.82) is 0 Å². The molecule has 1 aliphatic rings. The zero-order valence-corrected chi connectivity index (χ0v) is 14.8. The minimum absolute atomic E-state index is 0.0822. The molecule has 0 saturated carbocycles. The topological polar surface area (TPSA) is 75.9 Å². The molecule has 1 fully saturated rings. The molecule has 0 bridgehead atoms. The van der Waals surface area contributed by atoms with E-state index >= 15 is 0 Å². The number of hydrogen-bond acceptors (Lipinski definition) is 6. The second kappa shape index (κ2) is 7.18. The monoisotopic (exact) mass is 370 g/mol. The lowest BCUT2D eigenvalue weighted by atomic mass is 10.2. The molecule has 140 valence electrons. The molecular weight excluding hydrogens is 351 g/mol. The van der Waals surface area contributed by atoms with E-state index in [2.05, 4.69) is 20.2 Å². The van der Waals surface area contributed by atoms with Gasteiger partial charge in [-0.2, -0.15) is 4.52 Å². The van der Waals surface area contributed by atoms with Gasteiger partial charge in [0.05, 0.1) is 0 Å². The van der Waals surface area contributed by atoms with E-state index in [1.807, 2.05) is 12.1 Å². The van der Waals surface area contributed by atoms with Gasteiger partial charge in [0.15, 0.2) is 11.8 Å². The van der Waals surface area contributed by atoms with Gasteiger partial charge in [0.2, 0.25) is 0 Å². The predicted octanol–water partition coefficient (Wildman–Crippen LogP) is 1.38. The first-order valence-electron chi connectivity index (χ1n) is 8.73. The van der Waals surface area contributed by atoms with Crippen LogP contribution in [0.15, 0.2) is 42.7 Å². The van der Waals surface area contributed by atoms with Crippen molar-refractivity contribution in [3.8, 4) is 5.75 Å². The molecule has 4 rings (SSSR count). The van der Waals surface area contributed by atoms with Crippen LogP contribution in [0.1, 0.15) is 6.92 Å². The average Bonchev–Trinajstić information content (AvgIpc) is 3.17. The Labute approximate surface area is 155 Å². The highest BCUT2D eigenvalue weighted by Gasteiger charge is 2.26. The summed E-state index contributed by atoms with van der Waals surface area (Å²) in [6.45, 7) is 4.22. The summed E-state index contributed by atoms with van der Waals surface area (Å²) in [5.74, 6) is 0.879. The normalized spacial score (nSPS) is 15.8. The maximum atomic E-state index is 13.0. The first-order valence-corrected chi connectivity index (χ1v) is 8.73. The zero-order valence-electron chi connectivity index (χ0n) is 14.8. The molecule has 2 aromatic heterocycles. The highest BCUT2D eigenvalue weighted by Crippen LogP contribution is 2.17. The van der Waals surface area contributed by atoms with E-state index in [0.29, 0.717) is 37.6 Å². The number of halogens is 1. The van der Waals surface area contributed by atoms with E-state index in [1.165, 1.54) is 24.3 Å². The molecule has 1 aliphatic heterocycles. The van der Waals surface area contributed by atoms with E-state index in [0.717, 1.165) is 5.82 Å². The quantitative estimate of drug-likeness (QED) is 0.691. The van der Waals surface area contributed by atoms with Crippen LogP contribution in [0, 0.1) is 5.82 Å². The SMILES string of the molecule is C[C@@H](Oc1ccc(F)cc1)C(=O)N1CCN(c2ccc3nncn3n2)CC1. The van der Waals surface area contributed by atoms with Crippen LogP contribution in [0.2, 0.25) is 0 Å². The smallest absolute Gasteiger partial charge is 0.263 e. The van der Waals surface area contributed by atoms with Gasteiger partial charge in [-0.15, -0.1) is 15.3 Å². The van der Waals surface area contributed by atoms with E-state index in [9.17, 15) is 9.18 Å². The van der Waals surface area contributed by atoms with Crippen LogP contribution < -0.4 is 9.64 Å². The fourth-order valence-corrected chi connectivity index (χ4v) is 3.07. The lowest BCUT2D eigenvalue weighted by Crippen LogP contribution is -2.52. The summed E-state index contributed by atoms with van der Waals surface area (Å²) in [4.78, 5) is 16.5. The summed E-state index contributed by atoms with van der Waals surface area (Å²) in [5.41, 5.74) is 0.694. The molecule has 0 radical (unpaired) electrons. The van der Waals surface area contributed by atoms with Crippen LogP contribution >= 0.6 is 0 Å². The maximum Gasteiger partial charge on any atom is 0.263 e. The van der Waals surface area contributed by atoms with Crippen molar-refractivity contribution in [2.24, 2.45) is 0 Å². The number of carbonyl (C=O) groups excluding carboxylic acids is 1. The van der Waals surface area contributed by atoms with Crippen LogP contribution in [-0.4, -0.2) is 62.9 Å². The molecule has 0 aliphatic carbocycles. The molecule has 0 unspecified atom stereocenters. The number of rotatable bonds is 4. The van der Waals surface area contributed by atoms with Crippen molar-refractivity contribution in [1.82, 2.24) is 24.7 Å². The molecule has 1 amide bonds. The van der Waals surface area contributed by atoms with E-state index in [4.69, 9.17) is 4.74 Å². The zero-order chi connectivity index (χ0) is 18.8. The van der Waals surface area contributed by atoms with Crippen molar-refractivity contribution in [3.63, 3.8) is 0 Å². The Bertz CT molecular complexity index is 936. The van der Waals surface area contributed by atoms with Gasteiger partial charge in [-0.1, -0.05) is 0 Å². The molecule has 8 nitrogen and oxygen atoms in total. The predicted molar refractivity (Wildman–Crippen MR) is 96.1 cm³/mol. The average molecular weight is 370 g/mol. The minimum Gasteiger partial charge on any atom is -0.481 e. The summed E-state index contributed by atoms with van der Waals surface area (Å²) in [6.07, 6.45) is 0.932. The Balaban J connectivity index is 1.35. The Morgan fingerprint density at radius 1 is 1.11 bits per heavy atom. The Hall–Kier alpha value is -3.23. The van der Waals surface area contributed by atoms with E-state index in [-0.39, 0.29) is 11.7 Å². The number of anilines is 1. The lowest BCUT2D eigenvalue weighted by Gasteiger charge is -2.36. The minimum atomic E-state index is -0.631. The van der Waals surface area contributed by atoms with Gasteiger partial charge < -0.3 is 14.5 Å². The Kier molecular flexibility index (Phi) is 4.57. The largest absolute Gasteiger partial charge is 0.481 e. The first kappa shape index (κ1) is 17.2. The molecule has 1 atom stereocenters. The fraction of sp³-hybridized carbons (Fsp3) is 0.333. The molecule has 3 aromatic rings. The highest BCUT2D eigenvalue weighted by molar-refractivity contribution is 5.81. The van der Waals surface area contributed by atoms with Crippen molar-refractivity contribution in [3.05, 3.63) is 48.5 Å². The number of benzene rings is 1. The van der Waals surface area contributed by atoms with Crippen LogP contribution in [0.5, 0.6) is 5.75 Å². The third-order valence-electron chi connectivity index (χ3n) is 4.54. The van der Waals surface area contributed by atoms with Gasteiger partial charge in [0, 0.05) is 26.2 Å². The van der Waals surface area contributed by atoms with Gasteiger partial charge in [0.25, 0.3) is 5.91 Å². The number of piperazine rings is 1. The molecule has 1 saturated heterocycles. The van der Waals surface area contributed by atoms with Crippen molar-refractivity contribution >= 4 is 17.4 Å². The van der Waals surface area contributed by atoms with Crippen molar-refractivity contribution < 1.29 is 13.9 Å². The molecule has 9 heteroatoms. The Morgan fingerprint density at radius 2 is 1.85 bits per heavy atom. The van der Waals surface area contributed by atoms with E-state index < -0.39 is 6.10 Å². The first-order chi connectivity index (χ1) is 13.1. The summed E-state index contributed by atoms with van der Waals surface area (Å²) < 4.78 is 20.2. The number of carbonyl (C=O) groups is 1. The maximum absolute atomic E-state index is 13.0. The number of amides is 1. The fourth-order valence-electron chi connectivity index (χ4n) is 3.07. The molecule has 0 spiro atoms. The van der Waals surface area contributed by atoms with Gasteiger partial charge in [-0.05, 0) is 43.3 Å². The summed E-state index contributed by atoms with van der Waals surface area (Å²) in [5, 5.41) is 12.3. The standard InChI is InChI=1S/C18H19FN6O2/c1-13(27-15-4-2-14(19)3-5-15)18(26)24-10-8-23(9-11-24)17-7-6-16-21-20-12-25(16)22-17/h2-7,12-13H,8-11H2,1H3/t13-/m1/s1. The lowest BCUT2D eigenvalue weighted by molar-refractivity contribution is -0.138. The molecule has 0 N–H and O–H groups in total. The third-order valence-corrected chi connectivity index (χ3v) is 4.54. The molecule has 3 heterocycles. The highest BCUT2D eigenvalue weighted by atomic mass is 19.1. The van der Waals surface area contributed by atoms with Crippen LogP contribution in [0.25, 0.3) is 5.65 Å². The van der Waals surface area contributed by atoms with Gasteiger partial charge in [-0.25, -0.2) is 4.39 Å². The molecule has 27 heavy (non-hydrogen) atoms. The third kappa shape index (κ3) is 3.67. The molecule has 1 aromatic carbocycles. The summed E-state index contributed by atoms with van der Waals surface area (Å²) >= 11 is 0. The number of aromatic nitrogens is 4. The number of ether oxygens (including phenoxy) is 1. The second-order valence-electron chi connectivity index (χ2n) is 6.35. The van der Waals surface area contributed by atoms with Crippen molar-refractivity contribution in [2.45, 2.75) is 13.0 Å². The van der Waals surface area contributed by atoms with E-state index in [1.54, 1.807) is 22.7 Å². The second-order valence-corrected chi connectivity index (χ2v) is 6.35. The number of hydrogen-bond donors (Lipinski definition) is 0. The molecular formula is C18H19FN6O2. The van der Waals surface area contributed by atoms with Crippen LogP contribution in [0.3, 0.4) is 0 Å². The number of fused-ring (bicyclic) bond motifs is 1. The van der Waals surface area contributed by atoms with Crippen LogP contribution in [0.4, 0.5) is 10.2 Å². The van der Waals surface area contributed by atoms with Crippen molar-refractivity contribution in [2.75, 3.05) is 31.1 Å². The van der Waals surface area contributed by atoms with Crippen LogP contribution in [-0.2, 0) is 4.79 Å². The van der Waals surface area contributed by atoms with Gasteiger partial charge >= 0.3 is 0 Å². The Morgan fingerprint density at radius 3 is 2.59 bits per heavy atom. The summed E-state index contributed by atoms with van der Waals surface area (Å²) in [7, 11) is 0.